The molecule has 1 aliphatic rings. The van der Waals surface area contributed by atoms with Gasteiger partial charge in [-0.1, -0.05) is 17.7 Å². The molecule has 1 N–H and O–H groups in total. The van der Waals surface area contributed by atoms with Gasteiger partial charge < -0.3 is 14.6 Å². The number of nitrogens with one attached hydrogen (secondary N) is 1. The first kappa shape index (κ1) is 17.5. The molecule has 0 spiro atoms. The van der Waals surface area contributed by atoms with E-state index in [9.17, 15) is 9.59 Å². The van der Waals surface area contributed by atoms with Crippen LogP contribution in [0.3, 0.4) is 0 Å². The van der Waals surface area contributed by atoms with E-state index in [-0.39, 0.29) is 11.5 Å². The van der Waals surface area contributed by atoms with E-state index < -0.39 is 6.10 Å². The van der Waals surface area contributed by atoms with E-state index in [1.807, 2.05) is 0 Å². The Morgan fingerprint density at radius 2 is 2.12 bits per heavy atom. The van der Waals surface area contributed by atoms with Crippen molar-refractivity contribution in [1.29, 1.82) is 0 Å². The van der Waals surface area contributed by atoms with E-state index in [2.05, 4.69) is 9.97 Å². The van der Waals surface area contributed by atoms with Crippen molar-refractivity contribution >= 4 is 17.5 Å². The van der Waals surface area contributed by atoms with Gasteiger partial charge in [-0.25, -0.2) is 4.98 Å². The number of hydrogen-bond donors (Lipinski definition) is 1. The maximum Gasteiger partial charge on any atom is 0.263 e. The number of carbonyl (C=O) groups is 1. The lowest BCUT2D eigenvalue weighted by Crippen LogP contribution is -2.41. The molecule has 25 heavy (non-hydrogen) atoms. The van der Waals surface area contributed by atoms with E-state index in [0.29, 0.717) is 48.1 Å². The van der Waals surface area contributed by atoms with Crippen LogP contribution in [0.5, 0.6) is 5.75 Å². The summed E-state index contributed by atoms with van der Waals surface area (Å²) < 4.78 is 5.71. The fraction of sp³-hybridized carbons (Fsp3) is 0.389. The molecular formula is C18H20ClN3O3. The van der Waals surface area contributed by atoms with Gasteiger partial charge in [0.25, 0.3) is 11.5 Å². The van der Waals surface area contributed by atoms with Crippen LogP contribution in [0.15, 0.2) is 29.1 Å². The van der Waals surface area contributed by atoms with Crippen molar-refractivity contribution < 1.29 is 9.53 Å². The van der Waals surface area contributed by atoms with Crippen molar-refractivity contribution in [3.8, 4) is 5.75 Å². The molecule has 0 fully saturated rings. The Balaban J connectivity index is 1.69. The number of H-pyrrole nitrogens is 1. The molecule has 1 aromatic carbocycles. The quantitative estimate of drug-likeness (QED) is 0.908. The average molecular weight is 362 g/mol. The number of benzene rings is 1. The van der Waals surface area contributed by atoms with Gasteiger partial charge >= 0.3 is 0 Å². The lowest BCUT2D eigenvalue weighted by atomic mass is 10.1. The smallest absolute Gasteiger partial charge is 0.263 e. The predicted octanol–water partition coefficient (Wildman–Crippen LogP) is 2.13. The van der Waals surface area contributed by atoms with Crippen molar-refractivity contribution in [1.82, 2.24) is 14.9 Å². The van der Waals surface area contributed by atoms with Gasteiger partial charge in [0.1, 0.15) is 11.6 Å². The van der Waals surface area contributed by atoms with E-state index >= 15 is 0 Å². The third kappa shape index (κ3) is 4.02. The largest absolute Gasteiger partial charge is 0.481 e. The summed E-state index contributed by atoms with van der Waals surface area (Å²) in [6.07, 6.45) is 0.427. The number of nitrogens with zero attached hydrogens (tertiary/aromatic N) is 2. The molecule has 0 saturated heterocycles. The third-order valence-corrected chi connectivity index (χ3v) is 4.47. The van der Waals surface area contributed by atoms with Gasteiger partial charge in [0.2, 0.25) is 0 Å². The summed E-state index contributed by atoms with van der Waals surface area (Å²) in [7, 11) is 0. The Labute approximate surface area is 150 Å². The summed E-state index contributed by atoms with van der Waals surface area (Å²) >= 11 is 5.94. The van der Waals surface area contributed by atoms with Crippen LogP contribution >= 0.6 is 11.6 Å². The zero-order valence-electron chi connectivity index (χ0n) is 14.2. The van der Waals surface area contributed by atoms with Crippen molar-refractivity contribution in [2.24, 2.45) is 0 Å². The topological polar surface area (TPSA) is 75.3 Å². The first-order valence-electron chi connectivity index (χ1n) is 8.23. The molecule has 0 aliphatic carbocycles. The van der Waals surface area contributed by atoms with Crippen LogP contribution in [-0.4, -0.2) is 40.0 Å². The second kappa shape index (κ2) is 7.27. The molecule has 1 amide bonds. The molecule has 1 aliphatic heterocycles. The number of carbonyl (C=O) groups excluding carboxylic acids is 1. The molecular weight excluding hydrogens is 342 g/mol. The Hall–Kier alpha value is -2.34. The van der Waals surface area contributed by atoms with E-state index in [4.69, 9.17) is 16.3 Å². The van der Waals surface area contributed by atoms with Gasteiger partial charge in [-0.05, 0) is 38.5 Å². The van der Waals surface area contributed by atoms with Crippen molar-refractivity contribution in [3.63, 3.8) is 0 Å². The number of rotatable bonds is 3. The van der Waals surface area contributed by atoms with Crippen LogP contribution in [0.4, 0.5) is 0 Å². The van der Waals surface area contributed by atoms with Crippen LogP contribution in [0.2, 0.25) is 5.02 Å². The zero-order valence-corrected chi connectivity index (χ0v) is 15.0. The molecule has 1 atom stereocenters. The number of hydrogen-bond acceptors (Lipinski definition) is 4. The Morgan fingerprint density at radius 3 is 2.88 bits per heavy atom. The highest BCUT2D eigenvalue weighted by Crippen LogP contribution is 2.19. The first-order valence-corrected chi connectivity index (χ1v) is 8.61. The third-order valence-electron chi connectivity index (χ3n) is 4.24. The highest BCUT2D eigenvalue weighted by Gasteiger charge is 2.25. The summed E-state index contributed by atoms with van der Waals surface area (Å²) in [6.45, 7) is 4.47. The first-order chi connectivity index (χ1) is 11.9. The van der Waals surface area contributed by atoms with E-state index in [1.165, 1.54) is 0 Å². The second-order valence-corrected chi connectivity index (χ2v) is 6.56. The lowest BCUT2D eigenvalue weighted by molar-refractivity contribution is -0.137. The fourth-order valence-electron chi connectivity index (χ4n) is 3.01. The molecule has 6 nitrogen and oxygen atoms in total. The normalized spacial score (nSPS) is 15.2. The number of fused-ring (bicyclic) bond motifs is 1. The summed E-state index contributed by atoms with van der Waals surface area (Å²) in [6, 6.07) is 6.97. The van der Waals surface area contributed by atoms with E-state index in [1.54, 1.807) is 43.0 Å². The number of aromatic amines is 1. The molecule has 1 aromatic heterocycles. The summed E-state index contributed by atoms with van der Waals surface area (Å²) in [4.78, 5) is 33.7. The number of halogens is 1. The summed E-state index contributed by atoms with van der Waals surface area (Å²) in [5, 5.41) is 0.558. The minimum Gasteiger partial charge on any atom is -0.481 e. The molecule has 132 valence electrons. The molecule has 0 bridgehead atoms. The van der Waals surface area contributed by atoms with Crippen LogP contribution < -0.4 is 10.3 Å². The van der Waals surface area contributed by atoms with E-state index in [0.717, 1.165) is 5.69 Å². The molecule has 0 saturated carbocycles. The molecule has 0 radical (unpaired) electrons. The standard InChI is InChI=1S/C18H20ClN3O3/c1-11(25-14-5-3-4-13(19)10-14)18(24)22-8-6-15-16(7-9-22)20-12(2)21-17(15)23/h3-5,10-11H,6-9H2,1-2H3,(H,20,21,23)/t11-/m1/s1. The minimum absolute atomic E-state index is 0.110. The summed E-state index contributed by atoms with van der Waals surface area (Å²) in [5.41, 5.74) is 1.34. The van der Waals surface area contributed by atoms with Gasteiger partial charge in [-0.2, -0.15) is 0 Å². The Bertz CT molecular complexity index is 850. The maximum absolute atomic E-state index is 12.7. The van der Waals surface area contributed by atoms with Crippen molar-refractivity contribution in [2.45, 2.75) is 32.8 Å². The predicted molar refractivity (Wildman–Crippen MR) is 95.1 cm³/mol. The van der Waals surface area contributed by atoms with Crippen LogP contribution in [0, 0.1) is 6.92 Å². The SMILES string of the molecule is Cc1nc2c(c(=O)[nH]1)CCN(C(=O)[C@@H](C)Oc1cccc(Cl)c1)CC2. The molecule has 3 rings (SSSR count). The molecule has 2 aromatic rings. The monoisotopic (exact) mass is 361 g/mol. The number of amides is 1. The van der Waals surface area contributed by atoms with Crippen LogP contribution in [0.1, 0.15) is 24.0 Å². The summed E-state index contributed by atoms with van der Waals surface area (Å²) in [5.74, 6) is 1.04. The van der Waals surface area contributed by atoms with Crippen LogP contribution in [-0.2, 0) is 17.6 Å². The van der Waals surface area contributed by atoms with Gasteiger partial charge in [-0.3, -0.25) is 9.59 Å². The molecule has 0 unspecified atom stereocenters. The average Bonchev–Trinajstić information content (AvgIpc) is 2.77. The van der Waals surface area contributed by atoms with Gasteiger partial charge in [0, 0.05) is 30.1 Å². The zero-order chi connectivity index (χ0) is 18.0. The number of ether oxygens (including phenoxy) is 1. The number of aryl methyl sites for hydroxylation is 1. The van der Waals surface area contributed by atoms with Gasteiger partial charge in [0.05, 0.1) is 5.69 Å². The van der Waals surface area contributed by atoms with Crippen LogP contribution in [0.25, 0.3) is 0 Å². The Kier molecular flexibility index (Phi) is 5.08. The van der Waals surface area contributed by atoms with Gasteiger partial charge in [-0.15, -0.1) is 0 Å². The lowest BCUT2D eigenvalue weighted by Gasteiger charge is -2.24. The minimum atomic E-state index is -0.632. The van der Waals surface area contributed by atoms with Gasteiger partial charge in [0.15, 0.2) is 6.10 Å². The number of aromatic nitrogens is 2. The molecule has 2 heterocycles. The van der Waals surface area contributed by atoms with Crippen molar-refractivity contribution in [3.05, 3.63) is 56.7 Å². The Morgan fingerprint density at radius 1 is 1.36 bits per heavy atom. The van der Waals surface area contributed by atoms with Crippen molar-refractivity contribution in [2.75, 3.05) is 13.1 Å². The fourth-order valence-corrected chi connectivity index (χ4v) is 3.19. The highest BCUT2D eigenvalue weighted by molar-refractivity contribution is 6.30. The molecule has 7 heteroatoms. The highest BCUT2D eigenvalue weighted by atomic mass is 35.5. The second-order valence-electron chi connectivity index (χ2n) is 6.12. The maximum atomic E-state index is 12.7.